The highest BCUT2D eigenvalue weighted by molar-refractivity contribution is 6.37. The lowest BCUT2D eigenvalue weighted by Gasteiger charge is -2.30. The van der Waals surface area contributed by atoms with Gasteiger partial charge < -0.3 is 9.47 Å². The van der Waals surface area contributed by atoms with Gasteiger partial charge in [0.1, 0.15) is 18.2 Å². The number of aromatic nitrogens is 1. The van der Waals surface area contributed by atoms with Gasteiger partial charge in [-0.05, 0) is 54.5 Å². The van der Waals surface area contributed by atoms with Crippen LogP contribution in [0.5, 0.6) is 11.5 Å². The molecule has 0 aliphatic carbocycles. The van der Waals surface area contributed by atoms with Crippen molar-refractivity contribution in [3.05, 3.63) is 92.4 Å². The lowest BCUT2D eigenvalue weighted by molar-refractivity contribution is 0.0872. The average Bonchev–Trinajstić information content (AvgIpc) is 3.09. The minimum absolute atomic E-state index is 0.183. The van der Waals surface area contributed by atoms with Crippen molar-refractivity contribution in [2.45, 2.75) is 20.0 Å². The molecule has 5 rings (SSSR count). The Balaban J connectivity index is 1.50. The van der Waals surface area contributed by atoms with Crippen LogP contribution in [0.25, 0.3) is 6.08 Å². The van der Waals surface area contributed by atoms with E-state index in [1.54, 1.807) is 36.7 Å². The van der Waals surface area contributed by atoms with Gasteiger partial charge in [0.2, 0.25) is 5.78 Å². The highest BCUT2D eigenvalue weighted by Crippen LogP contribution is 2.44. The molecule has 0 unspecified atom stereocenters. The molecular formula is C24H18Cl2N2O3. The first kappa shape index (κ1) is 20.1. The molecule has 156 valence electrons. The van der Waals surface area contributed by atoms with Crippen LogP contribution in [0.2, 0.25) is 10.0 Å². The molecule has 3 aromatic rings. The molecular weight excluding hydrogens is 435 g/mol. The van der Waals surface area contributed by atoms with E-state index < -0.39 is 0 Å². The molecule has 2 aliphatic rings. The van der Waals surface area contributed by atoms with E-state index in [0.717, 1.165) is 22.4 Å². The van der Waals surface area contributed by atoms with Crippen molar-refractivity contribution in [3.8, 4) is 11.5 Å². The molecule has 31 heavy (non-hydrogen) atoms. The van der Waals surface area contributed by atoms with E-state index in [9.17, 15) is 4.79 Å². The van der Waals surface area contributed by atoms with Crippen LogP contribution in [0.15, 0.2) is 54.6 Å². The van der Waals surface area contributed by atoms with Crippen molar-refractivity contribution in [1.29, 1.82) is 0 Å². The van der Waals surface area contributed by atoms with Crippen molar-refractivity contribution in [2.75, 3.05) is 6.73 Å². The quantitative estimate of drug-likeness (QED) is 0.479. The van der Waals surface area contributed by atoms with E-state index in [0.29, 0.717) is 46.7 Å². The Bertz CT molecular complexity index is 1200. The molecule has 0 radical (unpaired) electrons. The van der Waals surface area contributed by atoms with Crippen LogP contribution >= 0.6 is 23.2 Å². The van der Waals surface area contributed by atoms with E-state index in [-0.39, 0.29) is 11.5 Å². The van der Waals surface area contributed by atoms with Gasteiger partial charge in [0.05, 0.1) is 11.1 Å². The van der Waals surface area contributed by atoms with Gasteiger partial charge in [0.25, 0.3) is 0 Å². The van der Waals surface area contributed by atoms with E-state index in [2.05, 4.69) is 9.88 Å². The predicted molar refractivity (Wildman–Crippen MR) is 120 cm³/mol. The Morgan fingerprint density at radius 3 is 2.65 bits per heavy atom. The summed E-state index contributed by atoms with van der Waals surface area (Å²) < 4.78 is 12.1. The standard InChI is InChI=1S/C24H18Cl2N2O3/c1-14-9-20-17(12-28(13-30-20)11-15-5-7-27-8-6-15)24-22(14)23(29)21(31-24)10-16-18(25)3-2-4-19(16)26/h2-10H,11-13H2,1H3/b21-10-. The van der Waals surface area contributed by atoms with Crippen molar-refractivity contribution < 1.29 is 14.3 Å². The zero-order chi connectivity index (χ0) is 21.5. The lowest BCUT2D eigenvalue weighted by atomic mass is 9.98. The second kappa shape index (κ2) is 8.00. The second-order valence-corrected chi connectivity index (χ2v) is 8.38. The number of carbonyl (C=O) groups excluding carboxylic acids is 1. The largest absolute Gasteiger partial charge is 0.478 e. The maximum atomic E-state index is 13.2. The van der Waals surface area contributed by atoms with Crippen molar-refractivity contribution in [1.82, 2.24) is 9.88 Å². The first-order valence-corrected chi connectivity index (χ1v) is 10.6. The molecule has 2 aromatic carbocycles. The van der Waals surface area contributed by atoms with Gasteiger partial charge in [0.15, 0.2) is 5.76 Å². The molecule has 0 bridgehead atoms. The number of pyridine rings is 1. The van der Waals surface area contributed by atoms with Crippen LogP contribution in [0, 0.1) is 6.92 Å². The Kier molecular flexibility index (Phi) is 5.18. The minimum atomic E-state index is -0.183. The molecule has 0 N–H and O–H groups in total. The number of aryl methyl sites for hydroxylation is 1. The Morgan fingerprint density at radius 2 is 1.90 bits per heavy atom. The molecule has 0 spiro atoms. The Morgan fingerprint density at radius 1 is 1.16 bits per heavy atom. The molecule has 0 atom stereocenters. The molecule has 2 aliphatic heterocycles. The maximum absolute atomic E-state index is 13.2. The number of halogens is 2. The highest BCUT2D eigenvalue weighted by Gasteiger charge is 2.35. The van der Waals surface area contributed by atoms with Gasteiger partial charge in [0, 0.05) is 41.1 Å². The normalized spacial score (nSPS) is 16.6. The fraction of sp³-hybridized carbons (Fsp3) is 0.167. The van der Waals surface area contributed by atoms with Gasteiger partial charge in [-0.1, -0.05) is 29.3 Å². The summed E-state index contributed by atoms with van der Waals surface area (Å²) in [5.41, 5.74) is 3.93. The van der Waals surface area contributed by atoms with Gasteiger partial charge >= 0.3 is 0 Å². The van der Waals surface area contributed by atoms with Crippen LogP contribution in [0.4, 0.5) is 0 Å². The number of nitrogens with zero attached hydrogens (tertiary/aromatic N) is 2. The number of fused-ring (bicyclic) bond motifs is 3. The maximum Gasteiger partial charge on any atom is 0.232 e. The van der Waals surface area contributed by atoms with Crippen LogP contribution in [-0.2, 0) is 13.1 Å². The summed E-state index contributed by atoms with van der Waals surface area (Å²) in [5.74, 6) is 1.31. The van der Waals surface area contributed by atoms with Gasteiger partial charge in [-0.2, -0.15) is 0 Å². The van der Waals surface area contributed by atoms with E-state index in [1.165, 1.54) is 0 Å². The summed E-state index contributed by atoms with van der Waals surface area (Å²) in [5, 5.41) is 0.913. The number of ketones is 1. The lowest BCUT2D eigenvalue weighted by Crippen LogP contribution is -2.31. The van der Waals surface area contributed by atoms with Gasteiger partial charge in [-0.3, -0.25) is 14.7 Å². The minimum Gasteiger partial charge on any atom is -0.478 e. The summed E-state index contributed by atoms with van der Waals surface area (Å²) in [6, 6.07) is 11.1. The number of Topliss-reactive ketones (excluding diaryl/α,β-unsaturated/α-hetero) is 1. The molecule has 0 saturated carbocycles. The molecule has 0 saturated heterocycles. The number of allylic oxidation sites excluding steroid dienone is 1. The average molecular weight is 453 g/mol. The summed E-state index contributed by atoms with van der Waals surface area (Å²) in [7, 11) is 0. The number of hydrogen-bond donors (Lipinski definition) is 0. The fourth-order valence-electron chi connectivity index (χ4n) is 3.90. The molecule has 3 heterocycles. The molecule has 0 amide bonds. The zero-order valence-electron chi connectivity index (χ0n) is 16.7. The molecule has 1 aromatic heterocycles. The number of rotatable bonds is 3. The van der Waals surface area contributed by atoms with Crippen molar-refractivity contribution >= 4 is 35.1 Å². The topological polar surface area (TPSA) is 51.7 Å². The summed E-state index contributed by atoms with van der Waals surface area (Å²) >= 11 is 12.6. The summed E-state index contributed by atoms with van der Waals surface area (Å²) in [4.78, 5) is 19.4. The van der Waals surface area contributed by atoms with Crippen molar-refractivity contribution in [2.24, 2.45) is 0 Å². The molecule has 5 nitrogen and oxygen atoms in total. The number of carbonyl (C=O) groups is 1. The van der Waals surface area contributed by atoms with Crippen LogP contribution in [0.3, 0.4) is 0 Å². The third-order valence-electron chi connectivity index (χ3n) is 5.42. The first-order chi connectivity index (χ1) is 15.0. The number of benzene rings is 2. The zero-order valence-corrected chi connectivity index (χ0v) is 18.2. The van der Waals surface area contributed by atoms with E-state index in [1.807, 2.05) is 25.1 Å². The predicted octanol–water partition coefficient (Wildman–Crippen LogP) is 5.67. The first-order valence-electron chi connectivity index (χ1n) is 9.80. The fourth-order valence-corrected chi connectivity index (χ4v) is 4.41. The Hall–Kier alpha value is -2.86. The van der Waals surface area contributed by atoms with Gasteiger partial charge in [-0.15, -0.1) is 0 Å². The van der Waals surface area contributed by atoms with E-state index >= 15 is 0 Å². The van der Waals surface area contributed by atoms with Crippen LogP contribution < -0.4 is 9.47 Å². The molecule has 0 fully saturated rings. The van der Waals surface area contributed by atoms with Crippen LogP contribution in [-0.4, -0.2) is 22.4 Å². The summed E-state index contributed by atoms with van der Waals surface area (Å²) in [6.07, 6.45) is 5.15. The Labute approximate surface area is 189 Å². The van der Waals surface area contributed by atoms with Gasteiger partial charge in [-0.25, -0.2) is 0 Å². The van der Waals surface area contributed by atoms with Crippen LogP contribution in [0.1, 0.15) is 32.6 Å². The monoisotopic (exact) mass is 452 g/mol. The van der Waals surface area contributed by atoms with E-state index in [4.69, 9.17) is 32.7 Å². The third kappa shape index (κ3) is 3.69. The van der Waals surface area contributed by atoms with Crippen molar-refractivity contribution in [3.63, 3.8) is 0 Å². The SMILES string of the molecule is Cc1cc2c(c3c1C(=O)/C(=C/c1c(Cl)cccc1Cl)O3)CN(Cc1ccncc1)CO2. The number of hydrogen-bond acceptors (Lipinski definition) is 5. The third-order valence-corrected chi connectivity index (χ3v) is 6.08. The smallest absolute Gasteiger partial charge is 0.232 e. The molecule has 7 heteroatoms. The highest BCUT2D eigenvalue weighted by atomic mass is 35.5. The second-order valence-electron chi connectivity index (χ2n) is 7.57. The summed E-state index contributed by atoms with van der Waals surface area (Å²) in [6.45, 7) is 3.65. The number of ether oxygens (including phenoxy) is 2.